The van der Waals surface area contributed by atoms with Crippen molar-refractivity contribution < 1.29 is 4.79 Å². The second kappa shape index (κ2) is 7.77. The number of hydrogen-bond donors (Lipinski definition) is 1. The topological polar surface area (TPSA) is 78.7 Å². The van der Waals surface area contributed by atoms with Gasteiger partial charge >= 0.3 is 0 Å². The second-order valence-electron chi connectivity index (χ2n) is 5.67. The lowest BCUT2D eigenvalue weighted by Crippen LogP contribution is -2.12. The molecule has 0 unspecified atom stereocenters. The minimum Gasteiger partial charge on any atom is -0.317 e. The second-order valence-corrected chi connectivity index (χ2v) is 7.89. The van der Waals surface area contributed by atoms with Gasteiger partial charge in [-0.25, -0.2) is 9.97 Å². The Morgan fingerprint density at radius 2 is 2.25 bits per heavy atom. The van der Waals surface area contributed by atoms with Crippen molar-refractivity contribution in [2.45, 2.75) is 44.1 Å². The third kappa shape index (κ3) is 3.94. The van der Waals surface area contributed by atoms with Gasteiger partial charge in [0.05, 0.1) is 10.6 Å². The molecule has 2 aromatic rings. The lowest BCUT2D eigenvalue weighted by molar-refractivity contribution is -0.115. The first kappa shape index (κ1) is 16.9. The van der Waals surface area contributed by atoms with Crippen LogP contribution in [0.2, 0.25) is 0 Å². The third-order valence-electron chi connectivity index (χ3n) is 3.89. The maximum atomic E-state index is 12.2. The van der Waals surface area contributed by atoms with Gasteiger partial charge in [0.2, 0.25) is 5.91 Å². The maximum Gasteiger partial charge on any atom is 0.225 e. The third-order valence-corrected chi connectivity index (χ3v) is 6.03. The monoisotopic (exact) mass is 358 g/mol. The van der Waals surface area contributed by atoms with Crippen molar-refractivity contribution in [2.24, 2.45) is 0 Å². The molecule has 0 atom stereocenters. The zero-order chi connectivity index (χ0) is 16.9. The molecule has 0 bridgehead atoms. The summed E-state index contributed by atoms with van der Waals surface area (Å²) in [7, 11) is 0. The van der Waals surface area contributed by atoms with Gasteiger partial charge < -0.3 is 5.32 Å². The minimum absolute atomic E-state index is 0.0524. The molecule has 7 heteroatoms. The smallest absolute Gasteiger partial charge is 0.225 e. The van der Waals surface area contributed by atoms with E-state index in [1.165, 1.54) is 29.4 Å². The number of nitrogens with one attached hydrogen (secondary N) is 1. The number of fused-ring (bicyclic) bond motifs is 1. The summed E-state index contributed by atoms with van der Waals surface area (Å²) >= 11 is 3.10. The van der Waals surface area contributed by atoms with Crippen LogP contribution in [0, 0.1) is 18.3 Å². The first-order chi connectivity index (χ1) is 11.7. The first-order valence-electron chi connectivity index (χ1n) is 7.93. The fourth-order valence-corrected chi connectivity index (χ4v) is 4.85. The van der Waals surface area contributed by atoms with E-state index in [2.05, 4.69) is 21.4 Å². The summed E-state index contributed by atoms with van der Waals surface area (Å²) in [6.07, 6.45) is 6.19. The van der Waals surface area contributed by atoms with E-state index in [1.54, 1.807) is 11.3 Å². The molecule has 124 valence electrons. The maximum absolute atomic E-state index is 12.2. The number of amides is 1. The van der Waals surface area contributed by atoms with E-state index in [1.807, 2.05) is 13.0 Å². The van der Waals surface area contributed by atoms with Crippen LogP contribution in [0.15, 0.2) is 17.4 Å². The predicted molar refractivity (Wildman–Crippen MR) is 96.4 cm³/mol. The van der Waals surface area contributed by atoms with Crippen molar-refractivity contribution in [2.75, 3.05) is 11.1 Å². The summed E-state index contributed by atoms with van der Waals surface area (Å²) in [5.74, 6) is 0.596. The number of rotatable bonds is 5. The molecular weight excluding hydrogens is 340 g/mol. The molecule has 1 N–H and O–H groups in total. The van der Waals surface area contributed by atoms with Gasteiger partial charge in [0.1, 0.15) is 17.4 Å². The Bertz CT molecular complexity index is 794. The molecule has 24 heavy (non-hydrogen) atoms. The van der Waals surface area contributed by atoms with Crippen molar-refractivity contribution in [3.8, 4) is 6.07 Å². The van der Waals surface area contributed by atoms with Crippen molar-refractivity contribution in [1.82, 2.24) is 9.97 Å². The first-order valence-corrected chi connectivity index (χ1v) is 9.73. The van der Waals surface area contributed by atoms with Crippen molar-refractivity contribution in [1.29, 1.82) is 5.26 Å². The van der Waals surface area contributed by atoms with E-state index in [0.29, 0.717) is 17.7 Å². The summed E-state index contributed by atoms with van der Waals surface area (Å²) in [5.41, 5.74) is 2.73. The average Bonchev–Trinajstić information content (AvgIpc) is 2.91. The number of nitrogens with zero attached hydrogens (tertiary/aromatic N) is 3. The quantitative estimate of drug-likeness (QED) is 0.651. The molecule has 0 aliphatic heterocycles. The Labute approximate surface area is 149 Å². The molecule has 1 aliphatic carbocycles. The lowest BCUT2D eigenvalue weighted by Gasteiger charge is -2.09. The van der Waals surface area contributed by atoms with Crippen LogP contribution in [0.5, 0.6) is 0 Å². The number of aromatic nitrogens is 2. The number of nitriles is 1. The van der Waals surface area contributed by atoms with Gasteiger partial charge in [-0.1, -0.05) is 0 Å². The number of thiophene rings is 1. The summed E-state index contributed by atoms with van der Waals surface area (Å²) in [6.45, 7) is 1.92. The standard InChI is InChI=1S/C17H18N4OS2/c1-11-8-16(20-10-19-11)23-7-6-15(22)21-17-13(9-18)12-4-2-3-5-14(12)24-17/h8,10H,2-7H2,1H3,(H,21,22). The Morgan fingerprint density at radius 3 is 3.04 bits per heavy atom. The van der Waals surface area contributed by atoms with E-state index in [9.17, 15) is 10.1 Å². The van der Waals surface area contributed by atoms with E-state index in [0.717, 1.165) is 40.5 Å². The highest BCUT2D eigenvalue weighted by Crippen LogP contribution is 2.37. The molecule has 3 rings (SSSR count). The number of carbonyl (C=O) groups is 1. The molecule has 2 aromatic heterocycles. The Balaban J connectivity index is 1.57. The van der Waals surface area contributed by atoms with Crippen LogP contribution in [-0.4, -0.2) is 21.6 Å². The van der Waals surface area contributed by atoms with E-state index >= 15 is 0 Å². The summed E-state index contributed by atoms with van der Waals surface area (Å²) in [6, 6.07) is 4.18. The fraction of sp³-hybridized carbons (Fsp3) is 0.412. The van der Waals surface area contributed by atoms with Crippen LogP contribution in [0.25, 0.3) is 0 Å². The Kier molecular flexibility index (Phi) is 5.48. The predicted octanol–water partition coefficient (Wildman–Crippen LogP) is 3.72. The largest absolute Gasteiger partial charge is 0.317 e. The highest BCUT2D eigenvalue weighted by Gasteiger charge is 2.21. The molecule has 5 nitrogen and oxygen atoms in total. The van der Waals surface area contributed by atoms with Crippen molar-refractivity contribution in [3.05, 3.63) is 34.1 Å². The number of thioether (sulfide) groups is 1. The van der Waals surface area contributed by atoms with Gasteiger partial charge in [0.25, 0.3) is 0 Å². The van der Waals surface area contributed by atoms with Gasteiger partial charge in [0.15, 0.2) is 0 Å². The van der Waals surface area contributed by atoms with Gasteiger partial charge in [-0.15, -0.1) is 23.1 Å². The van der Waals surface area contributed by atoms with E-state index < -0.39 is 0 Å². The van der Waals surface area contributed by atoms with Gasteiger partial charge in [-0.3, -0.25) is 4.79 Å². The zero-order valence-electron chi connectivity index (χ0n) is 13.5. The molecular formula is C17H18N4OS2. The van der Waals surface area contributed by atoms with Crippen LogP contribution in [-0.2, 0) is 17.6 Å². The molecule has 0 saturated heterocycles. The van der Waals surface area contributed by atoms with Crippen molar-refractivity contribution >= 4 is 34.0 Å². The van der Waals surface area contributed by atoms with Gasteiger partial charge in [-0.05, 0) is 44.2 Å². The highest BCUT2D eigenvalue weighted by atomic mass is 32.2. The van der Waals surface area contributed by atoms with Crippen LogP contribution >= 0.6 is 23.1 Å². The van der Waals surface area contributed by atoms with E-state index in [4.69, 9.17) is 0 Å². The minimum atomic E-state index is -0.0524. The highest BCUT2D eigenvalue weighted by molar-refractivity contribution is 7.99. The molecule has 0 aromatic carbocycles. The number of aryl methyl sites for hydroxylation is 2. The van der Waals surface area contributed by atoms with Crippen LogP contribution in [0.3, 0.4) is 0 Å². The van der Waals surface area contributed by atoms with Crippen molar-refractivity contribution in [3.63, 3.8) is 0 Å². The Hall–Kier alpha value is -1.91. The molecule has 2 heterocycles. The molecule has 1 aliphatic rings. The van der Waals surface area contributed by atoms with Crippen LogP contribution < -0.4 is 5.32 Å². The summed E-state index contributed by atoms with van der Waals surface area (Å²) in [5, 5.41) is 13.9. The average molecular weight is 358 g/mol. The number of carbonyl (C=O) groups excluding carboxylic acids is 1. The Morgan fingerprint density at radius 1 is 1.42 bits per heavy atom. The summed E-state index contributed by atoms with van der Waals surface area (Å²) in [4.78, 5) is 21.7. The SMILES string of the molecule is Cc1cc(SCCC(=O)Nc2sc3c(c2C#N)CCCC3)ncn1. The fourth-order valence-electron chi connectivity index (χ4n) is 2.72. The lowest BCUT2D eigenvalue weighted by atomic mass is 9.96. The zero-order valence-corrected chi connectivity index (χ0v) is 15.1. The van der Waals surface area contributed by atoms with Gasteiger partial charge in [-0.2, -0.15) is 5.26 Å². The van der Waals surface area contributed by atoms with Gasteiger partial charge in [0, 0.05) is 22.7 Å². The number of hydrogen-bond acceptors (Lipinski definition) is 6. The van der Waals surface area contributed by atoms with E-state index in [-0.39, 0.29) is 5.91 Å². The van der Waals surface area contributed by atoms with Crippen LogP contribution in [0.4, 0.5) is 5.00 Å². The summed E-state index contributed by atoms with van der Waals surface area (Å²) < 4.78 is 0. The number of anilines is 1. The molecule has 1 amide bonds. The van der Waals surface area contributed by atoms with Crippen LogP contribution in [0.1, 0.15) is 41.0 Å². The molecule has 0 spiro atoms. The normalized spacial score (nSPS) is 13.2. The molecule has 0 fully saturated rings. The molecule has 0 radical (unpaired) electrons. The molecule has 0 saturated carbocycles.